The van der Waals surface area contributed by atoms with Gasteiger partial charge in [-0.15, -0.1) is 0 Å². The Hall–Kier alpha value is -1.37. The standard InChI is InChI=1S/C9H5BrF3N3/c10-6-5-15-16(8(6)9(11,12)13)7-3-1-2-4-14-7/h1-5H. The van der Waals surface area contributed by atoms with Gasteiger partial charge in [-0.2, -0.15) is 18.3 Å². The van der Waals surface area contributed by atoms with E-state index in [1.54, 1.807) is 12.1 Å². The highest BCUT2D eigenvalue weighted by molar-refractivity contribution is 9.10. The van der Waals surface area contributed by atoms with E-state index in [0.29, 0.717) is 0 Å². The summed E-state index contributed by atoms with van der Waals surface area (Å²) in [5, 5.41) is 3.64. The maximum Gasteiger partial charge on any atom is 0.434 e. The normalized spacial score (nSPS) is 11.8. The molecule has 0 aromatic carbocycles. The van der Waals surface area contributed by atoms with Crippen LogP contribution in [0.5, 0.6) is 0 Å². The zero-order chi connectivity index (χ0) is 11.8. The molecule has 0 aliphatic heterocycles. The van der Waals surface area contributed by atoms with Gasteiger partial charge in [0.2, 0.25) is 0 Å². The molecular formula is C9H5BrF3N3. The molecule has 2 aromatic rings. The zero-order valence-electron chi connectivity index (χ0n) is 7.74. The van der Waals surface area contributed by atoms with Crippen LogP contribution in [0.25, 0.3) is 5.82 Å². The lowest BCUT2D eigenvalue weighted by atomic mass is 10.4. The maximum atomic E-state index is 12.7. The van der Waals surface area contributed by atoms with Crippen molar-refractivity contribution < 1.29 is 13.2 Å². The predicted molar refractivity (Wildman–Crippen MR) is 54.1 cm³/mol. The number of nitrogens with zero attached hydrogens (tertiary/aromatic N) is 3. The molecule has 7 heteroatoms. The van der Waals surface area contributed by atoms with Crippen LogP contribution in [-0.4, -0.2) is 14.8 Å². The molecule has 0 spiro atoms. The van der Waals surface area contributed by atoms with Gasteiger partial charge in [0.25, 0.3) is 0 Å². The Balaban J connectivity index is 2.60. The lowest BCUT2D eigenvalue weighted by Gasteiger charge is -2.09. The highest BCUT2D eigenvalue weighted by Gasteiger charge is 2.38. The molecule has 0 bridgehead atoms. The molecular weight excluding hydrogens is 287 g/mol. The second-order valence-corrected chi connectivity index (χ2v) is 3.79. The Labute approximate surface area is 97.0 Å². The molecule has 0 aliphatic carbocycles. The highest BCUT2D eigenvalue weighted by atomic mass is 79.9. The Bertz CT molecular complexity index is 492. The average molecular weight is 292 g/mol. The van der Waals surface area contributed by atoms with E-state index < -0.39 is 11.9 Å². The van der Waals surface area contributed by atoms with E-state index in [-0.39, 0.29) is 10.3 Å². The van der Waals surface area contributed by atoms with Crippen LogP contribution in [0.3, 0.4) is 0 Å². The van der Waals surface area contributed by atoms with Crippen LogP contribution in [0.15, 0.2) is 35.1 Å². The second-order valence-electron chi connectivity index (χ2n) is 2.94. The fraction of sp³-hybridized carbons (Fsp3) is 0.111. The molecule has 16 heavy (non-hydrogen) atoms. The minimum Gasteiger partial charge on any atom is -0.237 e. The summed E-state index contributed by atoms with van der Waals surface area (Å²) in [6.45, 7) is 0. The van der Waals surface area contributed by atoms with Gasteiger partial charge in [-0.1, -0.05) is 6.07 Å². The third-order valence-corrected chi connectivity index (χ3v) is 2.44. The molecule has 0 aliphatic rings. The molecule has 84 valence electrons. The predicted octanol–water partition coefficient (Wildman–Crippen LogP) is 3.05. The van der Waals surface area contributed by atoms with E-state index in [9.17, 15) is 13.2 Å². The van der Waals surface area contributed by atoms with Crippen molar-refractivity contribution in [1.82, 2.24) is 14.8 Å². The monoisotopic (exact) mass is 291 g/mol. The van der Waals surface area contributed by atoms with Gasteiger partial charge < -0.3 is 0 Å². The van der Waals surface area contributed by atoms with Gasteiger partial charge in [-0.05, 0) is 28.1 Å². The van der Waals surface area contributed by atoms with E-state index in [4.69, 9.17) is 0 Å². The van der Waals surface area contributed by atoms with Crippen molar-refractivity contribution in [3.8, 4) is 5.82 Å². The first-order chi connectivity index (χ1) is 7.50. The largest absolute Gasteiger partial charge is 0.434 e. The average Bonchev–Trinajstić information content (AvgIpc) is 2.61. The molecule has 0 atom stereocenters. The second kappa shape index (κ2) is 3.89. The number of rotatable bonds is 1. The summed E-state index contributed by atoms with van der Waals surface area (Å²) in [4.78, 5) is 3.82. The van der Waals surface area contributed by atoms with Crippen molar-refractivity contribution in [3.63, 3.8) is 0 Å². The van der Waals surface area contributed by atoms with Crippen molar-refractivity contribution in [3.05, 3.63) is 40.8 Å². The number of halogens is 4. The van der Waals surface area contributed by atoms with Gasteiger partial charge in [-0.25, -0.2) is 9.67 Å². The summed E-state index contributed by atoms with van der Waals surface area (Å²) in [6, 6.07) is 4.67. The number of aromatic nitrogens is 3. The highest BCUT2D eigenvalue weighted by Crippen LogP contribution is 2.35. The number of hydrogen-bond acceptors (Lipinski definition) is 2. The first-order valence-corrected chi connectivity index (χ1v) is 5.01. The summed E-state index contributed by atoms with van der Waals surface area (Å²) >= 11 is 2.82. The Morgan fingerprint density at radius 3 is 2.56 bits per heavy atom. The van der Waals surface area contributed by atoms with Crippen molar-refractivity contribution >= 4 is 15.9 Å². The Morgan fingerprint density at radius 2 is 2.00 bits per heavy atom. The molecule has 2 aromatic heterocycles. The molecule has 0 N–H and O–H groups in total. The summed E-state index contributed by atoms with van der Waals surface area (Å²) in [5.74, 6) is 0.125. The molecule has 3 nitrogen and oxygen atoms in total. The van der Waals surface area contributed by atoms with Gasteiger partial charge in [-0.3, -0.25) is 0 Å². The molecule has 0 saturated heterocycles. The van der Waals surface area contributed by atoms with Crippen LogP contribution in [-0.2, 0) is 6.18 Å². The van der Waals surface area contributed by atoms with Crippen LogP contribution in [0, 0.1) is 0 Å². The smallest absolute Gasteiger partial charge is 0.237 e. The van der Waals surface area contributed by atoms with Crippen LogP contribution >= 0.6 is 15.9 Å². The SMILES string of the molecule is FC(F)(F)c1c(Br)cnn1-c1ccccn1. The number of hydrogen-bond donors (Lipinski definition) is 0. The van der Waals surface area contributed by atoms with Gasteiger partial charge in [0.1, 0.15) is 0 Å². The fourth-order valence-electron chi connectivity index (χ4n) is 1.24. The minimum absolute atomic E-state index is 0.106. The van der Waals surface area contributed by atoms with Crippen molar-refractivity contribution in [1.29, 1.82) is 0 Å². The van der Waals surface area contributed by atoms with E-state index in [1.807, 2.05) is 0 Å². The maximum absolute atomic E-state index is 12.7. The molecule has 0 unspecified atom stereocenters. The molecule has 0 saturated carbocycles. The number of alkyl halides is 3. The van der Waals surface area contributed by atoms with Crippen LogP contribution in [0.1, 0.15) is 5.69 Å². The zero-order valence-corrected chi connectivity index (χ0v) is 9.33. The first-order valence-electron chi connectivity index (χ1n) is 4.22. The number of pyridine rings is 1. The summed E-state index contributed by atoms with van der Waals surface area (Å²) in [5.41, 5.74) is -0.869. The van der Waals surface area contributed by atoms with Gasteiger partial charge in [0.05, 0.1) is 10.7 Å². The van der Waals surface area contributed by atoms with Crippen LogP contribution in [0.4, 0.5) is 13.2 Å². The van der Waals surface area contributed by atoms with Gasteiger partial charge >= 0.3 is 6.18 Å². The quantitative estimate of drug-likeness (QED) is 0.808. The Kier molecular flexibility index (Phi) is 2.71. The molecule has 0 amide bonds. The summed E-state index contributed by atoms with van der Waals surface area (Å²) in [6.07, 6.45) is -1.98. The van der Waals surface area contributed by atoms with E-state index in [2.05, 4.69) is 26.0 Å². The van der Waals surface area contributed by atoms with E-state index in [0.717, 1.165) is 10.9 Å². The van der Waals surface area contributed by atoms with Crippen molar-refractivity contribution in [2.75, 3.05) is 0 Å². The third-order valence-electron chi connectivity index (χ3n) is 1.86. The molecule has 2 heterocycles. The fourth-order valence-corrected chi connectivity index (χ4v) is 1.72. The Morgan fingerprint density at radius 1 is 1.25 bits per heavy atom. The van der Waals surface area contributed by atoms with Gasteiger partial charge in [0, 0.05) is 6.20 Å². The van der Waals surface area contributed by atoms with Crippen molar-refractivity contribution in [2.24, 2.45) is 0 Å². The third kappa shape index (κ3) is 1.95. The molecule has 2 rings (SSSR count). The molecule has 0 fully saturated rings. The lowest BCUT2D eigenvalue weighted by molar-refractivity contribution is -0.143. The van der Waals surface area contributed by atoms with E-state index >= 15 is 0 Å². The van der Waals surface area contributed by atoms with E-state index in [1.165, 1.54) is 12.3 Å². The molecule has 0 radical (unpaired) electrons. The topological polar surface area (TPSA) is 30.7 Å². The first kappa shape index (κ1) is 11.1. The summed E-state index contributed by atoms with van der Waals surface area (Å²) < 4.78 is 38.8. The van der Waals surface area contributed by atoms with Crippen LogP contribution in [0.2, 0.25) is 0 Å². The minimum atomic E-state index is -4.48. The lowest BCUT2D eigenvalue weighted by Crippen LogP contribution is -2.14. The van der Waals surface area contributed by atoms with Gasteiger partial charge in [0.15, 0.2) is 11.5 Å². The summed E-state index contributed by atoms with van der Waals surface area (Å²) in [7, 11) is 0. The van der Waals surface area contributed by atoms with Crippen molar-refractivity contribution in [2.45, 2.75) is 6.18 Å². The van der Waals surface area contributed by atoms with Crippen LogP contribution < -0.4 is 0 Å².